The summed E-state index contributed by atoms with van der Waals surface area (Å²) in [6.07, 6.45) is 0. The number of aryl methyl sites for hydroxylation is 2. The van der Waals surface area contributed by atoms with Crippen molar-refractivity contribution in [1.82, 2.24) is 9.62 Å². The van der Waals surface area contributed by atoms with Crippen LogP contribution in [0.15, 0.2) is 41.3 Å². The fraction of sp³-hybridized carbons (Fsp3) is 0.429. The van der Waals surface area contributed by atoms with Gasteiger partial charge >= 0.3 is 0 Å². The van der Waals surface area contributed by atoms with Crippen molar-refractivity contribution in [2.45, 2.75) is 31.8 Å². The zero-order valence-corrected chi connectivity index (χ0v) is 17.5. The van der Waals surface area contributed by atoms with Gasteiger partial charge in [-0.2, -0.15) is 0 Å². The molecule has 1 N–H and O–H groups in total. The third-order valence-corrected chi connectivity index (χ3v) is 6.64. The van der Waals surface area contributed by atoms with E-state index in [0.717, 1.165) is 38.4 Å². The molecule has 0 radical (unpaired) electrons. The van der Waals surface area contributed by atoms with E-state index in [1.54, 1.807) is 33.1 Å². The first kappa shape index (κ1) is 20.8. The first-order chi connectivity index (χ1) is 13.4. The average molecular weight is 405 g/mol. The Morgan fingerprint density at radius 1 is 1.04 bits per heavy atom. The standard InChI is InChI=1S/C21H28N2O4S/c1-16-12-20(26-3)13-17(2)21(16)28(24,25)22-14-18-4-6-19(7-5-18)15-23-8-10-27-11-9-23/h4-7,12-13,22H,8-11,14-15H2,1-3H3. The van der Waals surface area contributed by atoms with Gasteiger partial charge < -0.3 is 9.47 Å². The minimum absolute atomic E-state index is 0.255. The minimum atomic E-state index is -3.61. The molecule has 7 heteroatoms. The van der Waals surface area contributed by atoms with Crippen molar-refractivity contribution in [3.05, 3.63) is 58.7 Å². The number of nitrogens with zero attached hydrogens (tertiary/aromatic N) is 1. The van der Waals surface area contributed by atoms with Crippen LogP contribution >= 0.6 is 0 Å². The molecular weight excluding hydrogens is 376 g/mol. The van der Waals surface area contributed by atoms with Crippen LogP contribution in [0.1, 0.15) is 22.3 Å². The van der Waals surface area contributed by atoms with Crippen molar-refractivity contribution < 1.29 is 17.9 Å². The molecule has 0 aromatic heterocycles. The molecule has 1 aliphatic rings. The van der Waals surface area contributed by atoms with Crippen molar-refractivity contribution in [1.29, 1.82) is 0 Å². The highest BCUT2D eigenvalue weighted by molar-refractivity contribution is 7.89. The summed E-state index contributed by atoms with van der Waals surface area (Å²) >= 11 is 0. The molecule has 1 fully saturated rings. The van der Waals surface area contributed by atoms with Gasteiger partial charge in [0.05, 0.1) is 25.2 Å². The molecule has 6 nitrogen and oxygen atoms in total. The van der Waals surface area contributed by atoms with E-state index in [2.05, 4.69) is 21.8 Å². The quantitative estimate of drug-likeness (QED) is 0.768. The van der Waals surface area contributed by atoms with E-state index in [1.807, 2.05) is 12.1 Å². The monoisotopic (exact) mass is 404 g/mol. The Bertz CT molecular complexity index is 881. The fourth-order valence-corrected chi connectivity index (χ4v) is 4.95. The maximum atomic E-state index is 12.8. The van der Waals surface area contributed by atoms with E-state index in [-0.39, 0.29) is 6.54 Å². The van der Waals surface area contributed by atoms with Crippen LogP contribution < -0.4 is 9.46 Å². The predicted molar refractivity (Wildman–Crippen MR) is 109 cm³/mol. The van der Waals surface area contributed by atoms with Crippen molar-refractivity contribution in [2.75, 3.05) is 33.4 Å². The Morgan fingerprint density at radius 2 is 1.61 bits per heavy atom. The summed E-state index contributed by atoms with van der Waals surface area (Å²) in [7, 11) is -2.03. The second kappa shape index (κ2) is 9.05. The van der Waals surface area contributed by atoms with E-state index in [1.165, 1.54) is 5.56 Å². The molecule has 1 saturated heterocycles. The Labute approximate surface area is 167 Å². The summed E-state index contributed by atoms with van der Waals surface area (Å²) < 4.78 is 38.9. The van der Waals surface area contributed by atoms with Crippen LogP contribution in [0.25, 0.3) is 0 Å². The van der Waals surface area contributed by atoms with Crippen LogP contribution in [0.4, 0.5) is 0 Å². The molecule has 3 rings (SSSR count). The van der Waals surface area contributed by atoms with Gasteiger partial charge in [0.1, 0.15) is 5.75 Å². The van der Waals surface area contributed by atoms with Crippen LogP contribution in [0.3, 0.4) is 0 Å². The van der Waals surface area contributed by atoms with Gasteiger partial charge in [0, 0.05) is 26.2 Å². The van der Waals surface area contributed by atoms with Gasteiger partial charge in [-0.1, -0.05) is 24.3 Å². The molecule has 1 aliphatic heterocycles. The summed E-state index contributed by atoms with van der Waals surface area (Å²) in [5, 5.41) is 0. The lowest BCUT2D eigenvalue weighted by atomic mass is 10.1. The van der Waals surface area contributed by atoms with Crippen LogP contribution in [0.2, 0.25) is 0 Å². The summed E-state index contributed by atoms with van der Waals surface area (Å²) in [6, 6.07) is 11.5. The van der Waals surface area contributed by atoms with Crippen LogP contribution in [-0.2, 0) is 27.8 Å². The molecule has 2 aromatic rings. The molecular formula is C21H28N2O4S. The summed E-state index contributed by atoms with van der Waals surface area (Å²) in [4.78, 5) is 2.67. The van der Waals surface area contributed by atoms with E-state index >= 15 is 0 Å². The van der Waals surface area contributed by atoms with E-state index in [4.69, 9.17) is 9.47 Å². The summed E-state index contributed by atoms with van der Waals surface area (Å²) in [5.41, 5.74) is 3.49. The SMILES string of the molecule is COc1cc(C)c(S(=O)(=O)NCc2ccc(CN3CCOCC3)cc2)c(C)c1. The molecule has 1 heterocycles. The molecule has 152 valence electrons. The number of benzene rings is 2. The van der Waals surface area contributed by atoms with Crippen molar-refractivity contribution in [2.24, 2.45) is 0 Å². The first-order valence-electron chi connectivity index (χ1n) is 9.42. The third kappa shape index (κ3) is 5.11. The van der Waals surface area contributed by atoms with E-state index in [0.29, 0.717) is 21.8 Å². The van der Waals surface area contributed by atoms with Crippen LogP contribution in [0, 0.1) is 13.8 Å². The molecule has 0 spiro atoms. The lowest BCUT2D eigenvalue weighted by molar-refractivity contribution is 0.0342. The highest BCUT2D eigenvalue weighted by Crippen LogP contribution is 2.25. The lowest BCUT2D eigenvalue weighted by Gasteiger charge is -2.26. The number of morpholine rings is 1. The Balaban J connectivity index is 1.64. The number of hydrogen-bond donors (Lipinski definition) is 1. The van der Waals surface area contributed by atoms with Crippen molar-refractivity contribution >= 4 is 10.0 Å². The number of hydrogen-bond acceptors (Lipinski definition) is 5. The highest BCUT2D eigenvalue weighted by Gasteiger charge is 2.20. The molecule has 28 heavy (non-hydrogen) atoms. The second-order valence-corrected chi connectivity index (χ2v) is 8.82. The number of sulfonamides is 1. The van der Waals surface area contributed by atoms with E-state index < -0.39 is 10.0 Å². The van der Waals surface area contributed by atoms with Gasteiger partial charge in [0.2, 0.25) is 10.0 Å². The molecule has 2 aromatic carbocycles. The predicted octanol–water partition coefficient (Wildman–Crippen LogP) is 2.62. The zero-order valence-electron chi connectivity index (χ0n) is 16.7. The van der Waals surface area contributed by atoms with Gasteiger partial charge in [0.15, 0.2) is 0 Å². The normalized spacial score (nSPS) is 15.5. The number of methoxy groups -OCH3 is 1. The second-order valence-electron chi connectivity index (χ2n) is 7.12. The average Bonchev–Trinajstić information content (AvgIpc) is 2.67. The lowest BCUT2D eigenvalue weighted by Crippen LogP contribution is -2.35. The smallest absolute Gasteiger partial charge is 0.241 e. The molecule has 0 aliphatic carbocycles. The Hall–Kier alpha value is -1.93. The van der Waals surface area contributed by atoms with Gasteiger partial charge in [-0.25, -0.2) is 13.1 Å². The molecule has 0 saturated carbocycles. The highest BCUT2D eigenvalue weighted by atomic mass is 32.2. The Kier molecular flexibility index (Phi) is 6.72. The van der Waals surface area contributed by atoms with Crippen LogP contribution in [-0.4, -0.2) is 46.7 Å². The Morgan fingerprint density at radius 3 is 2.18 bits per heavy atom. The largest absolute Gasteiger partial charge is 0.497 e. The number of ether oxygens (including phenoxy) is 2. The third-order valence-electron chi connectivity index (χ3n) is 4.94. The topological polar surface area (TPSA) is 67.9 Å². The molecule has 0 atom stereocenters. The fourth-order valence-electron chi connectivity index (χ4n) is 3.48. The minimum Gasteiger partial charge on any atom is -0.497 e. The first-order valence-corrected chi connectivity index (χ1v) is 10.9. The molecule has 0 amide bonds. The number of nitrogens with one attached hydrogen (secondary N) is 1. The van der Waals surface area contributed by atoms with Gasteiger partial charge in [-0.15, -0.1) is 0 Å². The summed E-state index contributed by atoms with van der Waals surface area (Å²) in [5.74, 6) is 0.657. The zero-order chi connectivity index (χ0) is 20.1. The van der Waals surface area contributed by atoms with Crippen molar-refractivity contribution in [3.63, 3.8) is 0 Å². The summed E-state index contributed by atoms with van der Waals surface area (Å²) in [6.45, 7) is 8.16. The maximum absolute atomic E-state index is 12.8. The molecule has 0 unspecified atom stereocenters. The molecule has 0 bridgehead atoms. The maximum Gasteiger partial charge on any atom is 0.241 e. The van der Waals surface area contributed by atoms with E-state index in [9.17, 15) is 8.42 Å². The van der Waals surface area contributed by atoms with Gasteiger partial charge in [-0.3, -0.25) is 4.90 Å². The number of rotatable bonds is 7. The van der Waals surface area contributed by atoms with Gasteiger partial charge in [-0.05, 0) is 48.2 Å². The van der Waals surface area contributed by atoms with Crippen molar-refractivity contribution in [3.8, 4) is 5.75 Å². The van der Waals surface area contributed by atoms with Gasteiger partial charge in [0.25, 0.3) is 0 Å². The van der Waals surface area contributed by atoms with Crippen LogP contribution in [0.5, 0.6) is 5.75 Å².